The van der Waals surface area contributed by atoms with Gasteiger partial charge in [0.2, 0.25) is 0 Å². The number of nitrogens with one attached hydrogen (secondary N) is 2. The molecule has 1 aliphatic rings. The lowest BCUT2D eigenvalue weighted by molar-refractivity contribution is -0.143. The molecular weight excluding hydrogens is 460 g/mol. The lowest BCUT2D eigenvalue weighted by atomic mass is 10.1. The molecule has 2 unspecified atom stereocenters. The normalized spacial score (nSPS) is 19.7. The molecule has 1 fully saturated rings. The maximum absolute atomic E-state index is 12.5. The van der Waals surface area contributed by atoms with Crippen LogP contribution in [-0.2, 0) is 4.74 Å². The highest BCUT2D eigenvalue weighted by Gasteiger charge is 2.34. The summed E-state index contributed by atoms with van der Waals surface area (Å²) in [6.45, 7) is 0.432. The van der Waals surface area contributed by atoms with Gasteiger partial charge in [-0.05, 0) is 12.0 Å². The van der Waals surface area contributed by atoms with Gasteiger partial charge < -0.3 is 15.4 Å². The summed E-state index contributed by atoms with van der Waals surface area (Å²) in [7, 11) is 3.28. The van der Waals surface area contributed by atoms with Gasteiger partial charge in [-0.3, -0.25) is 9.89 Å². The van der Waals surface area contributed by atoms with Crippen LogP contribution in [0.3, 0.4) is 0 Å². The van der Waals surface area contributed by atoms with Gasteiger partial charge in [-0.15, -0.1) is 24.0 Å². The average molecular weight is 486 g/mol. The molecule has 1 aliphatic heterocycles. The molecule has 1 heterocycles. The fraction of sp³-hybridized carbons (Fsp3) is 0.588. The molecule has 5 nitrogen and oxygen atoms in total. The third-order valence-corrected chi connectivity index (χ3v) is 4.15. The van der Waals surface area contributed by atoms with Crippen molar-refractivity contribution in [3.63, 3.8) is 0 Å². The number of likely N-dealkylation sites (tertiary alicyclic amines) is 1. The van der Waals surface area contributed by atoms with Crippen molar-refractivity contribution in [2.45, 2.75) is 24.7 Å². The number of nitrogens with zero attached hydrogens (tertiary/aromatic N) is 2. The van der Waals surface area contributed by atoms with Crippen LogP contribution < -0.4 is 10.6 Å². The molecule has 0 aromatic heterocycles. The highest BCUT2D eigenvalue weighted by Crippen LogP contribution is 2.20. The Balaban J connectivity index is 0.00000338. The van der Waals surface area contributed by atoms with Crippen molar-refractivity contribution in [2.24, 2.45) is 4.99 Å². The molecule has 9 heteroatoms. The highest BCUT2D eigenvalue weighted by molar-refractivity contribution is 14.0. The number of rotatable bonds is 6. The average Bonchev–Trinajstić information content (AvgIpc) is 3.00. The Kier molecular flexibility index (Phi) is 9.66. The highest BCUT2D eigenvalue weighted by atomic mass is 127. The smallest absolute Gasteiger partial charge is 0.375 e. The predicted molar refractivity (Wildman–Crippen MR) is 107 cm³/mol. The van der Waals surface area contributed by atoms with Crippen LogP contribution in [0.4, 0.5) is 13.2 Å². The third kappa shape index (κ3) is 7.67. The van der Waals surface area contributed by atoms with Gasteiger partial charge in [0.15, 0.2) is 5.96 Å². The van der Waals surface area contributed by atoms with Crippen LogP contribution in [0, 0.1) is 0 Å². The molecule has 1 aromatic rings. The van der Waals surface area contributed by atoms with Crippen LogP contribution in [0.1, 0.15) is 18.1 Å². The zero-order valence-corrected chi connectivity index (χ0v) is 17.3. The van der Waals surface area contributed by atoms with E-state index in [0.717, 1.165) is 5.56 Å². The number of guanidine groups is 1. The Labute approximate surface area is 169 Å². The summed E-state index contributed by atoms with van der Waals surface area (Å²) >= 11 is 0. The number of alkyl halides is 3. The Hall–Kier alpha value is -1.07. The molecule has 2 atom stereocenters. The minimum absolute atomic E-state index is 0. The van der Waals surface area contributed by atoms with Gasteiger partial charge in [0.25, 0.3) is 0 Å². The van der Waals surface area contributed by atoms with E-state index in [9.17, 15) is 13.2 Å². The Bertz CT molecular complexity index is 557. The first-order valence-electron chi connectivity index (χ1n) is 8.25. The number of benzene rings is 1. The van der Waals surface area contributed by atoms with Gasteiger partial charge in [-0.2, -0.15) is 13.2 Å². The van der Waals surface area contributed by atoms with Crippen molar-refractivity contribution in [3.05, 3.63) is 35.9 Å². The van der Waals surface area contributed by atoms with Crippen molar-refractivity contribution >= 4 is 29.9 Å². The van der Waals surface area contributed by atoms with Crippen LogP contribution in [0.25, 0.3) is 0 Å². The van der Waals surface area contributed by atoms with E-state index < -0.39 is 12.7 Å². The van der Waals surface area contributed by atoms with E-state index in [1.165, 1.54) is 4.90 Å². The number of ether oxygens (including phenoxy) is 1. The maximum atomic E-state index is 12.5. The monoisotopic (exact) mass is 486 g/mol. The van der Waals surface area contributed by atoms with Gasteiger partial charge >= 0.3 is 6.18 Å². The summed E-state index contributed by atoms with van der Waals surface area (Å²) in [5.74, 6) is 0.567. The maximum Gasteiger partial charge on any atom is 0.401 e. The van der Waals surface area contributed by atoms with E-state index in [1.807, 2.05) is 30.3 Å². The molecule has 1 aromatic carbocycles. The summed E-state index contributed by atoms with van der Waals surface area (Å²) in [4.78, 5) is 5.56. The van der Waals surface area contributed by atoms with Crippen LogP contribution >= 0.6 is 24.0 Å². The second kappa shape index (κ2) is 10.9. The van der Waals surface area contributed by atoms with Crippen molar-refractivity contribution in [1.82, 2.24) is 15.5 Å². The topological polar surface area (TPSA) is 48.9 Å². The van der Waals surface area contributed by atoms with E-state index in [4.69, 9.17) is 4.74 Å². The molecule has 0 radical (unpaired) electrons. The van der Waals surface area contributed by atoms with E-state index in [-0.39, 0.29) is 36.1 Å². The first kappa shape index (κ1) is 23.0. The van der Waals surface area contributed by atoms with Crippen molar-refractivity contribution in [1.29, 1.82) is 0 Å². The molecule has 26 heavy (non-hydrogen) atoms. The minimum atomic E-state index is -4.16. The third-order valence-electron chi connectivity index (χ3n) is 4.15. The molecule has 148 valence electrons. The standard InChI is InChI=1S/C17H25F3N4O.HI/c1-21-16(22-10-15(25-2)13-6-4-3-5-7-13)23-14-8-9-24(11-14)12-17(18,19)20;/h3-7,14-15H,8-12H2,1-2H3,(H2,21,22,23);1H. The number of hydrogen-bond donors (Lipinski definition) is 2. The Morgan fingerprint density at radius 1 is 1.35 bits per heavy atom. The summed E-state index contributed by atoms with van der Waals surface area (Å²) in [6.07, 6.45) is -3.63. The van der Waals surface area contributed by atoms with Gasteiger partial charge in [-0.1, -0.05) is 30.3 Å². The van der Waals surface area contributed by atoms with Gasteiger partial charge in [0.1, 0.15) is 0 Å². The predicted octanol–water partition coefficient (Wildman–Crippen LogP) is 2.79. The summed E-state index contributed by atoms with van der Waals surface area (Å²) < 4.78 is 42.9. The number of hydrogen-bond acceptors (Lipinski definition) is 3. The first-order chi connectivity index (χ1) is 11.9. The second-order valence-electron chi connectivity index (χ2n) is 6.07. The zero-order valence-electron chi connectivity index (χ0n) is 14.9. The number of halogens is 4. The number of methoxy groups -OCH3 is 1. The lowest BCUT2D eigenvalue weighted by Crippen LogP contribution is -2.46. The van der Waals surface area contributed by atoms with E-state index in [1.54, 1.807) is 14.2 Å². The van der Waals surface area contributed by atoms with Crippen LogP contribution in [0.2, 0.25) is 0 Å². The van der Waals surface area contributed by atoms with Gasteiger partial charge in [0.05, 0.1) is 12.6 Å². The molecule has 0 aliphatic carbocycles. The quantitative estimate of drug-likeness (QED) is 0.369. The lowest BCUT2D eigenvalue weighted by Gasteiger charge is -2.22. The molecule has 2 rings (SSSR count). The first-order valence-corrected chi connectivity index (χ1v) is 8.25. The largest absolute Gasteiger partial charge is 0.401 e. The molecule has 2 N–H and O–H groups in total. The molecule has 0 saturated carbocycles. The number of aliphatic imine (C=N–C) groups is 1. The summed E-state index contributed by atoms with van der Waals surface area (Å²) in [5, 5.41) is 6.37. The molecule has 1 saturated heterocycles. The van der Waals surface area contributed by atoms with E-state index >= 15 is 0 Å². The van der Waals surface area contributed by atoms with Crippen LogP contribution in [-0.4, -0.2) is 63.4 Å². The minimum Gasteiger partial charge on any atom is -0.375 e. The van der Waals surface area contributed by atoms with E-state index in [0.29, 0.717) is 32.0 Å². The van der Waals surface area contributed by atoms with Gasteiger partial charge in [-0.25, -0.2) is 0 Å². The Morgan fingerprint density at radius 2 is 2.04 bits per heavy atom. The van der Waals surface area contributed by atoms with Crippen LogP contribution in [0.5, 0.6) is 0 Å². The summed E-state index contributed by atoms with van der Waals surface area (Å²) in [5.41, 5.74) is 1.05. The molecular formula is C17H26F3IN4O. The fourth-order valence-corrected chi connectivity index (χ4v) is 2.93. The molecule has 0 spiro atoms. The zero-order chi connectivity index (χ0) is 18.3. The molecule has 0 bridgehead atoms. The summed E-state index contributed by atoms with van der Waals surface area (Å²) in [6, 6.07) is 9.75. The molecule has 0 amide bonds. The Morgan fingerprint density at radius 3 is 2.62 bits per heavy atom. The van der Waals surface area contributed by atoms with Crippen LogP contribution in [0.15, 0.2) is 35.3 Å². The van der Waals surface area contributed by atoms with Crippen molar-refractivity contribution in [3.8, 4) is 0 Å². The fourth-order valence-electron chi connectivity index (χ4n) is 2.93. The second-order valence-corrected chi connectivity index (χ2v) is 6.07. The van der Waals surface area contributed by atoms with Crippen molar-refractivity contribution < 1.29 is 17.9 Å². The SMILES string of the molecule is CN=C(NCC(OC)c1ccccc1)NC1CCN(CC(F)(F)F)C1.I. The van der Waals surface area contributed by atoms with E-state index in [2.05, 4.69) is 15.6 Å². The van der Waals surface area contributed by atoms with Crippen molar-refractivity contribution in [2.75, 3.05) is 40.3 Å². The van der Waals surface area contributed by atoms with Gasteiger partial charge in [0, 0.05) is 39.8 Å².